The average molecular weight is 294 g/mol. The van der Waals surface area contributed by atoms with E-state index in [1.807, 2.05) is 9.80 Å². The standard InChI is InChI=1S/C17H30N2O2/c1-14-8-3-5-12-18(14)16(20)10-7-11-17(21)19-13-6-4-9-15(19)2/h14-15H,3-13H2,1-2H3/t14-,15-/m1/s1. The van der Waals surface area contributed by atoms with Crippen LogP contribution in [0.4, 0.5) is 0 Å². The number of hydrogen-bond donors (Lipinski definition) is 0. The highest BCUT2D eigenvalue weighted by Gasteiger charge is 2.25. The lowest BCUT2D eigenvalue weighted by Gasteiger charge is -2.34. The molecule has 4 heteroatoms. The van der Waals surface area contributed by atoms with Gasteiger partial charge >= 0.3 is 0 Å². The molecule has 0 unspecified atom stereocenters. The molecule has 2 heterocycles. The van der Waals surface area contributed by atoms with Gasteiger partial charge in [0.2, 0.25) is 11.8 Å². The second-order valence-electron chi connectivity index (χ2n) is 6.72. The minimum Gasteiger partial charge on any atom is -0.340 e. The predicted octanol–water partition coefficient (Wildman–Crippen LogP) is 2.96. The van der Waals surface area contributed by atoms with Gasteiger partial charge in [0.25, 0.3) is 0 Å². The van der Waals surface area contributed by atoms with Gasteiger partial charge in [0.1, 0.15) is 0 Å². The molecule has 2 atom stereocenters. The zero-order valence-corrected chi connectivity index (χ0v) is 13.6. The van der Waals surface area contributed by atoms with Gasteiger partial charge in [-0.05, 0) is 58.8 Å². The van der Waals surface area contributed by atoms with Gasteiger partial charge in [0.15, 0.2) is 0 Å². The second kappa shape index (κ2) is 7.81. The Morgan fingerprint density at radius 1 is 0.810 bits per heavy atom. The molecule has 0 bridgehead atoms. The summed E-state index contributed by atoms with van der Waals surface area (Å²) in [6.45, 7) is 6.07. The van der Waals surface area contributed by atoms with Crippen molar-refractivity contribution in [2.24, 2.45) is 0 Å². The molecule has 0 spiro atoms. The van der Waals surface area contributed by atoms with Crippen molar-refractivity contribution in [3.05, 3.63) is 0 Å². The molecule has 4 nitrogen and oxygen atoms in total. The van der Waals surface area contributed by atoms with E-state index >= 15 is 0 Å². The van der Waals surface area contributed by atoms with Crippen LogP contribution < -0.4 is 0 Å². The van der Waals surface area contributed by atoms with Crippen molar-refractivity contribution in [2.75, 3.05) is 13.1 Å². The SMILES string of the molecule is C[C@@H]1CCCCN1C(=O)CCCC(=O)N1CCCC[C@H]1C. The molecule has 2 amide bonds. The molecule has 0 saturated carbocycles. The Morgan fingerprint density at radius 2 is 1.24 bits per heavy atom. The van der Waals surface area contributed by atoms with Gasteiger partial charge in [-0.1, -0.05) is 0 Å². The maximum Gasteiger partial charge on any atom is 0.222 e. The molecule has 0 aromatic rings. The minimum atomic E-state index is 0.238. The van der Waals surface area contributed by atoms with E-state index in [-0.39, 0.29) is 11.8 Å². The summed E-state index contributed by atoms with van der Waals surface area (Å²) in [6.07, 6.45) is 8.71. The van der Waals surface area contributed by atoms with Gasteiger partial charge in [0, 0.05) is 38.0 Å². The third kappa shape index (κ3) is 4.45. The van der Waals surface area contributed by atoms with E-state index in [1.165, 1.54) is 12.8 Å². The van der Waals surface area contributed by atoms with E-state index in [0.29, 0.717) is 31.3 Å². The molecule has 2 aliphatic rings. The molecule has 0 aromatic carbocycles. The van der Waals surface area contributed by atoms with E-state index in [0.717, 1.165) is 38.8 Å². The Morgan fingerprint density at radius 3 is 1.62 bits per heavy atom. The summed E-state index contributed by atoms with van der Waals surface area (Å²) in [4.78, 5) is 28.5. The fourth-order valence-corrected chi connectivity index (χ4v) is 3.62. The van der Waals surface area contributed by atoms with Crippen molar-refractivity contribution in [3.63, 3.8) is 0 Å². The third-order valence-corrected chi connectivity index (χ3v) is 5.03. The maximum absolute atomic E-state index is 12.2. The van der Waals surface area contributed by atoms with Gasteiger partial charge in [-0.15, -0.1) is 0 Å². The summed E-state index contributed by atoms with van der Waals surface area (Å²) in [5.41, 5.74) is 0. The number of piperidine rings is 2. The van der Waals surface area contributed by atoms with Crippen LogP contribution in [0.25, 0.3) is 0 Å². The average Bonchev–Trinajstić information content (AvgIpc) is 2.48. The molecule has 2 aliphatic heterocycles. The molecule has 0 radical (unpaired) electrons. The maximum atomic E-state index is 12.2. The van der Waals surface area contributed by atoms with Crippen molar-refractivity contribution in [2.45, 2.75) is 83.7 Å². The summed E-state index contributed by atoms with van der Waals surface area (Å²) in [7, 11) is 0. The lowest BCUT2D eigenvalue weighted by atomic mass is 10.0. The summed E-state index contributed by atoms with van der Waals surface area (Å²) >= 11 is 0. The van der Waals surface area contributed by atoms with Crippen molar-refractivity contribution in [1.29, 1.82) is 0 Å². The van der Waals surface area contributed by atoms with Gasteiger partial charge in [-0.2, -0.15) is 0 Å². The van der Waals surface area contributed by atoms with E-state index in [2.05, 4.69) is 13.8 Å². The molecule has 2 rings (SSSR count). The van der Waals surface area contributed by atoms with Crippen LogP contribution in [-0.4, -0.2) is 46.8 Å². The van der Waals surface area contributed by atoms with Crippen LogP contribution in [0, 0.1) is 0 Å². The van der Waals surface area contributed by atoms with Crippen LogP contribution in [0.3, 0.4) is 0 Å². The lowest BCUT2D eigenvalue weighted by molar-refractivity contribution is -0.136. The Hall–Kier alpha value is -1.06. The Labute approximate surface area is 128 Å². The number of nitrogens with zero attached hydrogens (tertiary/aromatic N) is 2. The van der Waals surface area contributed by atoms with E-state index in [9.17, 15) is 9.59 Å². The van der Waals surface area contributed by atoms with Crippen LogP contribution in [0.1, 0.15) is 71.6 Å². The van der Waals surface area contributed by atoms with E-state index in [4.69, 9.17) is 0 Å². The van der Waals surface area contributed by atoms with Crippen LogP contribution >= 0.6 is 0 Å². The van der Waals surface area contributed by atoms with Crippen molar-refractivity contribution in [3.8, 4) is 0 Å². The molecular formula is C17H30N2O2. The van der Waals surface area contributed by atoms with Crippen LogP contribution in [0.15, 0.2) is 0 Å². The molecule has 0 aromatic heterocycles. The van der Waals surface area contributed by atoms with E-state index in [1.54, 1.807) is 0 Å². The van der Waals surface area contributed by atoms with Gasteiger partial charge in [0.05, 0.1) is 0 Å². The van der Waals surface area contributed by atoms with Gasteiger partial charge in [-0.25, -0.2) is 0 Å². The number of likely N-dealkylation sites (tertiary alicyclic amines) is 2. The number of rotatable bonds is 4. The first-order valence-electron chi connectivity index (χ1n) is 8.68. The highest BCUT2D eigenvalue weighted by molar-refractivity contribution is 5.79. The smallest absolute Gasteiger partial charge is 0.222 e. The molecule has 0 N–H and O–H groups in total. The molecule has 2 fully saturated rings. The first-order valence-corrected chi connectivity index (χ1v) is 8.68. The molecule has 21 heavy (non-hydrogen) atoms. The fourth-order valence-electron chi connectivity index (χ4n) is 3.62. The minimum absolute atomic E-state index is 0.238. The summed E-state index contributed by atoms with van der Waals surface area (Å²) in [6, 6.07) is 0.758. The molecule has 2 saturated heterocycles. The Balaban J connectivity index is 1.70. The molecule has 0 aliphatic carbocycles. The Kier molecular flexibility index (Phi) is 6.07. The fraction of sp³-hybridized carbons (Fsp3) is 0.882. The zero-order chi connectivity index (χ0) is 15.2. The van der Waals surface area contributed by atoms with Crippen LogP contribution in [0.5, 0.6) is 0 Å². The summed E-state index contributed by atoms with van der Waals surface area (Å²) in [5, 5.41) is 0. The number of carbonyl (C=O) groups excluding carboxylic acids is 2. The number of carbonyl (C=O) groups is 2. The van der Waals surface area contributed by atoms with Crippen molar-refractivity contribution >= 4 is 11.8 Å². The number of hydrogen-bond acceptors (Lipinski definition) is 2. The normalized spacial score (nSPS) is 26.8. The largest absolute Gasteiger partial charge is 0.340 e. The third-order valence-electron chi connectivity index (χ3n) is 5.03. The van der Waals surface area contributed by atoms with E-state index < -0.39 is 0 Å². The summed E-state index contributed by atoms with van der Waals surface area (Å²) in [5.74, 6) is 0.475. The monoisotopic (exact) mass is 294 g/mol. The first-order chi connectivity index (χ1) is 10.1. The topological polar surface area (TPSA) is 40.6 Å². The van der Waals surface area contributed by atoms with Crippen molar-refractivity contribution < 1.29 is 9.59 Å². The second-order valence-corrected chi connectivity index (χ2v) is 6.72. The van der Waals surface area contributed by atoms with Crippen molar-refractivity contribution in [1.82, 2.24) is 9.80 Å². The van der Waals surface area contributed by atoms with Crippen LogP contribution in [-0.2, 0) is 9.59 Å². The highest BCUT2D eigenvalue weighted by Crippen LogP contribution is 2.20. The zero-order valence-electron chi connectivity index (χ0n) is 13.6. The number of amides is 2. The first kappa shape index (κ1) is 16.3. The summed E-state index contributed by atoms with van der Waals surface area (Å²) < 4.78 is 0. The van der Waals surface area contributed by atoms with Crippen LogP contribution in [0.2, 0.25) is 0 Å². The highest BCUT2D eigenvalue weighted by atomic mass is 16.2. The molecular weight excluding hydrogens is 264 g/mol. The van der Waals surface area contributed by atoms with Gasteiger partial charge < -0.3 is 9.80 Å². The quantitative estimate of drug-likeness (QED) is 0.800. The Bertz CT molecular complexity index is 336. The predicted molar refractivity (Wildman–Crippen MR) is 83.9 cm³/mol. The lowest BCUT2D eigenvalue weighted by Crippen LogP contribution is -2.43. The van der Waals surface area contributed by atoms with Gasteiger partial charge in [-0.3, -0.25) is 9.59 Å². The molecule has 120 valence electrons.